The van der Waals surface area contributed by atoms with Crippen molar-refractivity contribution in [1.29, 1.82) is 0 Å². The number of carbonyl (C=O) groups is 1. The maximum absolute atomic E-state index is 10.4. The molecule has 0 aliphatic heterocycles. The van der Waals surface area contributed by atoms with Crippen LogP contribution in [-0.2, 0) is 4.79 Å². The van der Waals surface area contributed by atoms with Gasteiger partial charge in [-0.25, -0.2) is 0 Å². The lowest BCUT2D eigenvalue weighted by Crippen LogP contribution is -1.80. The Hall–Kier alpha value is -1.37. The van der Waals surface area contributed by atoms with E-state index in [0.717, 1.165) is 31.1 Å². The van der Waals surface area contributed by atoms with Crippen molar-refractivity contribution in [1.82, 2.24) is 0 Å². The molecule has 0 aromatic carbocycles. The topological polar surface area (TPSA) is 17.1 Å². The molecule has 0 radical (unpaired) electrons. The van der Waals surface area contributed by atoms with Gasteiger partial charge >= 0.3 is 0 Å². The van der Waals surface area contributed by atoms with Gasteiger partial charge < -0.3 is 0 Å². The number of rotatable bonds is 7. The van der Waals surface area contributed by atoms with Gasteiger partial charge in [0.05, 0.1) is 0 Å². The second-order valence-electron chi connectivity index (χ2n) is 4.04. The van der Waals surface area contributed by atoms with Crippen LogP contribution in [0.2, 0.25) is 0 Å². The van der Waals surface area contributed by atoms with Crippen LogP contribution in [0.15, 0.2) is 47.6 Å². The fourth-order valence-electron chi connectivity index (χ4n) is 1.21. The molecule has 88 valence electrons. The average molecular weight is 218 g/mol. The normalized spacial score (nSPS) is 13.8. The van der Waals surface area contributed by atoms with Crippen LogP contribution in [0.4, 0.5) is 0 Å². The number of hydrogen-bond acceptors (Lipinski definition) is 1. The van der Waals surface area contributed by atoms with Crippen LogP contribution >= 0.6 is 0 Å². The SMILES string of the molecule is C=C/C(C)=C\C/C=C(\C)CC/C=C(\C)C=O. The molecule has 0 atom stereocenters. The Balaban J connectivity index is 3.97. The first kappa shape index (κ1) is 14.6. The zero-order valence-corrected chi connectivity index (χ0v) is 10.6. The first-order valence-corrected chi connectivity index (χ1v) is 5.67. The van der Waals surface area contributed by atoms with E-state index in [1.807, 2.05) is 26.0 Å². The maximum Gasteiger partial charge on any atom is 0.145 e. The van der Waals surface area contributed by atoms with E-state index in [1.54, 1.807) is 0 Å². The molecule has 0 aliphatic rings. The molecule has 0 N–H and O–H groups in total. The van der Waals surface area contributed by atoms with Crippen LogP contribution in [0.5, 0.6) is 0 Å². The number of hydrogen-bond donors (Lipinski definition) is 0. The minimum atomic E-state index is 0.815. The molecule has 0 aromatic heterocycles. The van der Waals surface area contributed by atoms with Gasteiger partial charge in [-0.05, 0) is 45.6 Å². The quantitative estimate of drug-likeness (QED) is 0.268. The molecule has 0 fully saturated rings. The third-order valence-corrected chi connectivity index (χ3v) is 2.42. The van der Waals surface area contributed by atoms with Crippen LogP contribution in [0.3, 0.4) is 0 Å². The lowest BCUT2D eigenvalue weighted by Gasteiger charge is -1.97. The maximum atomic E-state index is 10.4. The van der Waals surface area contributed by atoms with Crippen molar-refractivity contribution in [2.45, 2.75) is 40.0 Å². The summed E-state index contributed by atoms with van der Waals surface area (Å²) in [6.45, 7) is 9.72. The highest BCUT2D eigenvalue weighted by molar-refractivity contribution is 5.71. The highest BCUT2D eigenvalue weighted by Gasteiger charge is 1.89. The van der Waals surface area contributed by atoms with Gasteiger partial charge in [0.25, 0.3) is 0 Å². The Kier molecular flexibility index (Phi) is 8.14. The molecule has 1 nitrogen and oxygen atoms in total. The largest absolute Gasteiger partial charge is 0.298 e. The number of carbonyl (C=O) groups excluding carboxylic acids is 1. The zero-order chi connectivity index (χ0) is 12.4. The minimum absolute atomic E-state index is 0.815. The Morgan fingerprint density at radius 3 is 2.31 bits per heavy atom. The molecule has 0 saturated heterocycles. The molecule has 0 unspecified atom stereocenters. The van der Waals surface area contributed by atoms with Crippen molar-refractivity contribution < 1.29 is 4.79 Å². The van der Waals surface area contributed by atoms with Crippen LogP contribution in [0.25, 0.3) is 0 Å². The van der Waals surface area contributed by atoms with Crippen molar-refractivity contribution in [3.8, 4) is 0 Å². The van der Waals surface area contributed by atoms with Crippen LogP contribution in [0.1, 0.15) is 40.0 Å². The first-order chi connectivity index (χ1) is 7.60. The molecule has 0 saturated carbocycles. The van der Waals surface area contributed by atoms with Crippen molar-refractivity contribution in [2.75, 3.05) is 0 Å². The van der Waals surface area contributed by atoms with E-state index in [-0.39, 0.29) is 0 Å². The van der Waals surface area contributed by atoms with E-state index in [9.17, 15) is 4.79 Å². The van der Waals surface area contributed by atoms with Gasteiger partial charge in [-0.3, -0.25) is 4.79 Å². The van der Waals surface area contributed by atoms with Crippen molar-refractivity contribution >= 4 is 6.29 Å². The average Bonchev–Trinajstić information content (AvgIpc) is 2.28. The standard InChI is InChI=1S/C15H22O/c1-5-13(2)8-6-9-14(3)10-7-11-15(4)12-16/h5,8-9,11-12H,1,6-7,10H2,2-4H3/b13-8-,14-9+,15-11+. The lowest BCUT2D eigenvalue weighted by atomic mass is 10.1. The summed E-state index contributed by atoms with van der Waals surface area (Å²) in [6.07, 6.45) is 12.0. The minimum Gasteiger partial charge on any atom is -0.298 e. The highest BCUT2D eigenvalue weighted by atomic mass is 16.1. The molecule has 0 bridgehead atoms. The summed E-state index contributed by atoms with van der Waals surface area (Å²) in [4.78, 5) is 10.4. The fraction of sp³-hybridized carbons (Fsp3) is 0.400. The molecule has 0 aromatic rings. The monoisotopic (exact) mass is 218 g/mol. The zero-order valence-electron chi connectivity index (χ0n) is 10.6. The molecule has 1 heteroatoms. The third-order valence-electron chi connectivity index (χ3n) is 2.42. The molecule has 0 heterocycles. The smallest absolute Gasteiger partial charge is 0.145 e. The Morgan fingerprint density at radius 1 is 1.06 bits per heavy atom. The lowest BCUT2D eigenvalue weighted by molar-refractivity contribution is -0.104. The van der Waals surface area contributed by atoms with Crippen molar-refractivity contribution in [3.63, 3.8) is 0 Å². The predicted octanol–water partition coefficient (Wildman–Crippen LogP) is 4.38. The van der Waals surface area contributed by atoms with Crippen LogP contribution in [0, 0.1) is 0 Å². The van der Waals surface area contributed by atoms with Gasteiger partial charge in [-0.1, -0.05) is 42.0 Å². The summed E-state index contributed by atoms with van der Waals surface area (Å²) in [5.74, 6) is 0. The van der Waals surface area contributed by atoms with Gasteiger partial charge in [-0.15, -0.1) is 0 Å². The highest BCUT2D eigenvalue weighted by Crippen LogP contribution is 2.08. The van der Waals surface area contributed by atoms with Crippen molar-refractivity contribution in [2.24, 2.45) is 0 Å². The summed E-state index contributed by atoms with van der Waals surface area (Å²) < 4.78 is 0. The van der Waals surface area contributed by atoms with Crippen molar-refractivity contribution in [3.05, 3.63) is 47.6 Å². The second kappa shape index (κ2) is 8.90. The molecule has 0 amide bonds. The molecule has 16 heavy (non-hydrogen) atoms. The Morgan fingerprint density at radius 2 is 1.75 bits per heavy atom. The Labute approximate surface area is 99.3 Å². The van der Waals surface area contributed by atoms with Gasteiger partial charge in [-0.2, -0.15) is 0 Å². The number of aldehydes is 1. The summed E-state index contributed by atoms with van der Waals surface area (Å²) in [7, 11) is 0. The van der Waals surface area contributed by atoms with Gasteiger partial charge in [0.1, 0.15) is 6.29 Å². The molecule has 0 aliphatic carbocycles. The molecular weight excluding hydrogens is 196 g/mol. The number of allylic oxidation sites excluding steroid dienone is 7. The van der Waals surface area contributed by atoms with E-state index < -0.39 is 0 Å². The summed E-state index contributed by atoms with van der Waals surface area (Å²) in [6, 6.07) is 0. The predicted molar refractivity (Wildman–Crippen MR) is 71.4 cm³/mol. The van der Waals surface area contributed by atoms with E-state index in [4.69, 9.17) is 0 Å². The summed E-state index contributed by atoms with van der Waals surface area (Å²) in [5, 5.41) is 0. The Bertz CT molecular complexity index is 316. The summed E-state index contributed by atoms with van der Waals surface area (Å²) in [5.41, 5.74) is 3.39. The van der Waals surface area contributed by atoms with Crippen LogP contribution < -0.4 is 0 Å². The van der Waals surface area contributed by atoms with E-state index in [2.05, 4.69) is 25.7 Å². The van der Waals surface area contributed by atoms with Crippen LogP contribution in [-0.4, -0.2) is 6.29 Å². The molecular formula is C15H22O. The molecule has 0 rings (SSSR count). The van der Waals surface area contributed by atoms with Gasteiger partial charge in [0.15, 0.2) is 0 Å². The van der Waals surface area contributed by atoms with E-state index >= 15 is 0 Å². The molecule has 0 spiro atoms. The van der Waals surface area contributed by atoms with Gasteiger partial charge in [0.2, 0.25) is 0 Å². The van der Waals surface area contributed by atoms with Gasteiger partial charge in [0, 0.05) is 0 Å². The van der Waals surface area contributed by atoms with E-state index in [1.165, 1.54) is 11.1 Å². The second-order valence-corrected chi connectivity index (χ2v) is 4.04. The first-order valence-electron chi connectivity index (χ1n) is 5.67. The fourth-order valence-corrected chi connectivity index (χ4v) is 1.21. The summed E-state index contributed by atoms with van der Waals surface area (Å²) >= 11 is 0. The van der Waals surface area contributed by atoms with E-state index in [0.29, 0.717) is 0 Å². The third kappa shape index (κ3) is 7.98.